The SMILES string of the molecule is O=C(Nc1ccc(NCc2ccccc2)nc1)c1cccnc1. The molecule has 0 fully saturated rings. The number of carbonyl (C=O) groups is 1. The number of amides is 1. The van der Waals surface area contributed by atoms with Gasteiger partial charge >= 0.3 is 0 Å². The van der Waals surface area contributed by atoms with Gasteiger partial charge in [-0.05, 0) is 29.8 Å². The predicted octanol–water partition coefficient (Wildman–Crippen LogP) is 3.34. The average Bonchev–Trinajstić information content (AvgIpc) is 2.63. The van der Waals surface area contributed by atoms with E-state index in [2.05, 4.69) is 32.7 Å². The Morgan fingerprint density at radius 3 is 2.52 bits per heavy atom. The maximum atomic E-state index is 12.0. The van der Waals surface area contributed by atoms with Gasteiger partial charge in [0.15, 0.2) is 0 Å². The van der Waals surface area contributed by atoms with Crippen LogP contribution in [0, 0.1) is 0 Å². The molecule has 0 spiro atoms. The van der Waals surface area contributed by atoms with Crippen LogP contribution < -0.4 is 10.6 Å². The monoisotopic (exact) mass is 304 g/mol. The minimum Gasteiger partial charge on any atom is -0.366 e. The smallest absolute Gasteiger partial charge is 0.257 e. The van der Waals surface area contributed by atoms with E-state index in [0.29, 0.717) is 17.8 Å². The van der Waals surface area contributed by atoms with Crippen molar-refractivity contribution in [2.24, 2.45) is 0 Å². The molecule has 0 saturated heterocycles. The fraction of sp³-hybridized carbons (Fsp3) is 0.0556. The van der Waals surface area contributed by atoms with Crippen LogP contribution in [0.4, 0.5) is 11.5 Å². The lowest BCUT2D eigenvalue weighted by Gasteiger charge is -2.08. The number of hydrogen-bond acceptors (Lipinski definition) is 4. The van der Waals surface area contributed by atoms with Crippen molar-refractivity contribution in [2.45, 2.75) is 6.54 Å². The first kappa shape index (κ1) is 14.7. The molecule has 2 heterocycles. The van der Waals surface area contributed by atoms with Gasteiger partial charge < -0.3 is 10.6 Å². The Bertz CT molecular complexity index is 758. The lowest BCUT2D eigenvalue weighted by atomic mass is 10.2. The number of benzene rings is 1. The van der Waals surface area contributed by atoms with Crippen molar-refractivity contribution in [3.8, 4) is 0 Å². The quantitative estimate of drug-likeness (QED) is 0.758. The Kier molecular flexibility index (Phi) is 4.59. The van der Waals surface area contributed by atoms with Gasteiger partial charge in [-0.25, -0.2) is 4.98 Å². The first-order valence-electron chi connectivity index (χ1n) is 7.26. The molecule has 3 rings (SSSR count). The predicted molar refractivity (Wildman–Crippen MR) is 90.2 cm³/mol. The molecule has 3 aromatic rings. The zero-order chi connectivity index (χ0) is 15.9. The molecule has 0 bridgehead atoms. The van der Waals surface area contributed by atoms with Gasteiger partial charge in [-0.3, -0.25) is 9.78 Å². The molecule has 0 radical (unpaired) electrons. The molecule has 2 N–H and O–H groups in total. The maximum absolute atomic E-state index is 12.0. The van der Waals surface area contributed by atoms with Gasteiger partial charge in [0.25, 0.3) is 5.91 Å². The maximum Gasteiger partial charge on any atom is 0.257 e. The largest absolute Gasteiger partial charge is 0.366 e. The van der Waals surface area contributed by atoms with E-state index in [0.717, 1.165) is 5.82 Å². The van der Waals surface area contributed by atoms with Gasteiger partial charge in [0.1, 0.15) is 5.82 Å². The van der Waals surface area contributed by atoms with Gasteiger partial charge in [0, 0.05) is 18.9 Å². The summed E-state index contributed by atoms with van der Waals surface area (Å²) in [6.45, 7) is 0.704. The van der Waals surface area contributed by atoms with Crippen LogP contribution >= 0.6 is 0 Å². The molecule has 0 aliphatic carbocycles. The van der Waals surface area contributed by atoms with Crippen molar-refractivity contribution in [2.75, 3.05) is 10.6 Å². The molecule has 0 aliphatic rings. The van der Waals surface area contributed by atoms with Crippen LogP contribution in [0.25, 0.3) is 0 Å². The molecule has 5 heteroatoms. The molecular formula is C18H16N4O. The summed E-state index contributed by atoms with van der Waals surface area (Å²) in [6.07, 6.45) is 4.78. The van der Waals surface area contributed by atoms with Crippen LogP contribution in [0.15, 0.2) is 73.2 Å². The molecule has 23 heavy (non-hydrogen) atoms. The van der Waals surface area contributed by atoms with E-state index in [1.165, 1.54) is 11.8 Å². The Morgan fingerprint density at radius 1 is 0.957 bits per heavy atom. The van der Waals surface area contributed by atoms with Gasteiger partial charge in [0.05, 0.1) is 17.4 Å². The van der Waals surface area contributed by atoms with Crippen LogP contribution in [0.1, 0.15) is 15.9 Å². The minimum absolute atomic E-state index is 0.204. The zero-order valence-electron chi connectivity index (χ0n) is 12.4. The molecule has 0 unspecified atom stereocenters. The molecule has 0 saturated carbocycles. The second-order valence-electron chi connectivity index (χ2n) is 4.97. The molecule has 0 aliphatic heterocycles. The number of nitrogens with zero attached hydrogens (tertiary/aromatic N) is 2. The van der Waals surface area contributed by atoms with Crippen molar-refractivity contribution < 1.29 is 4.79 Å². The van der Waals surface area contributed by atoms with Crippen molar-refractivity contribution in [3.63, 3.8) is 0 Å². The van der Waals surface area contributed by atoms with Crippen LogP contribution in [0.2, 0.25) is 0 Å². The van der Waals surface area contributed by atoms with E-state index in [1.54, 1.807) is 24.5 Å². The number of rotatable bonds is 5. The van der Waals surface area contributed by atoms with Crippen molar-refractivity contribution in [1.82, 2.24) is 9.97 Å². The second kappa shape index (κ2) is 7.17. The number of pyridine rings is 2. The third-order valence-corrected chi connectivity index (χ3v) is 3.26. The number of nitrogens with one attached hydrogen (secondary N) is 2. The summed E-state index contributed by atoms with van der Waals surface area (Å²) < 4.78 is 0. The van der Waals surface area contributed by atoms with Gasteiger partial charge in [-0.1, -0.05) is 30.3 Å². The van der Waals surface area contributed by atoms with Crippen LogP contribution in [-0.4, -0.2) is 15.9 Å². The fourth-order valence-electron chi connectivity index (χ4n) is 2.06. The fourth-order valence-corrected chi connectivity index (χ4v) is 2.06. The standard InChI is InChI=1S/C18H16N4O/c23-18(15-7-4-10-19-12-15)22-16-8-9-17(21-13-16)20-11-14-5-2-1-3-6-14/h1-10,12-13H,11H2,(H,20,21)(H,22,23). The lowest BCUT2D eigenvalue weighted by Crippen LogP contribution is -2.12. The summed E-state index contributed by atoms with van der Waals surface area (Å²) >= 11 is 0. The average molecular weight is 304 g/mol. The van der Waals surface area contributed by atoms with E-state index >= 15 is 0 Å². The van der Waals surface area contributed by atoms with Gasteiger partial charge in [-0.15, -0.1) is 0 Å². The summed E-state index contributed by atoms with van der Waals surface area (Å²) in [4.78, 5) is 20.2. The third-order valence-electron chi connectivity index (χ3n) is 3.26. The number of anilines is 2. The lowest BCUT2D eigenvalue weighted by molar-refractivity contribution is 0.102. The highest BCUT2D eigenvalue weighted by molar-refractivity contribution is 6.03. The first-order valence-corrected chi connectivity index (χ1v) is 7.26. The van der Waals surface area contributed by atoms with E-state index in [9.17, 15) is 4.79 Å². The highest BCUT2D eigenvalue weighted by Crippen LogP contribution is 2.12. The molecule has 2 aromatic heterocycles. The zero-order valence-corrected chi connectivity index (χ0v) is 12.4. The first-order chi connectivity index (χ1) is 11.3. The van der Waals surface area contributed by atoms with Crippen molar-refractivity contribution in [3.05, 3.63) is 84.3 Å². The summed E-state index contributed by atoms with van der Waals surface area (Å²) in [7, 11) is 0. The van der Waals surface area contributed by atoms with E-state index < -0.39 is 0 Å². The molecule has 1 aromatic carbocycles. The van der Waals surface area contributed by atoms with Gasteiger partial charge in [-0.2, -0.15) is 0 Å². The molecule has 5 nitrogen and oxygen atoms in total. The number of carbonyl (C=O) groups excluding carboxylic acids is 1. The topological polar surface area (TPSA) is 66.9 Å². The van der Waals surface area contributed by atoms with Gasteiger partial charge in [0.2, 0.25) is 0 Å². The van der Waals surface area contributed by atoms with E-state index in [4.69, 9.17) is 0 Å². The van der Waals surface area contributed by atoms with E-state index in [-0.39, 0.29) is 5.91 Å². The number of aromatic nitrogens is 2. The third kappa shape index (κ3) is 4.14. The molecule has 114 valence electrons. The van der Waals surface area contributed by atoms with Crippen LogP contribution in [0.3, 0.4) is 0 Å². The van der Waals surface area contributed by atoms with Crippen LogP contribution in [0.5, 0.6) is 0 Å². The highest BCUT2D eigenvalue weighted by atomic mass is 16.1. The van der Waals surface area contributed by atoms with Crippen LogP contribution in [-0.2, 0) is 6.54 Å². The Labute approximate surface area is 134 Å². The van der Waals surface area contributed by atoms with E-state index in [1.807, 2.05) is 30.3 Å². The number of hydrogen-bond donors (Lipinski definition) is 2. The Morgan fingerprint density at radius 2 is 1.83 bits per heavy atom. The summed E-state index contributed by atoms with van der Waals surface area (Å²) in [6, 6.07) is 17.2. The normalized spacial score (nSPS) is 10.1. The van der Waals surface area contributed by atoms with Crippen molar-refractivity contribution in [1.29, 1.82) is 0 Å². The Balaban J connectivity index is 1.58. The molecule has 0 atom stereocenters. The highest BCUT2D eigenvalue weighted by Gasteiger charge is 2.05. The molecule has 1 amide bonds. The second-order valence-corrected chi connectivity index (χ2v) is 4.97. The Hall–Kier alpha value is -3.21. The van der Waals surface area contributed by atoms with Crippen molar-refractivity contribution >= 4 is 17.4 Å². The summed E-state index contributed by atoms with van der Waals surface area (Å²) in [5.41, 5.74) is 2.34. The minimum atomic E-state index is -0.204. The molecular weight excluding hydrogens is 288 g/mol. The summed E-state index contributed by atoms with van der Waals surface area (Å²) in [5, 5.41) is 6.03. The summed E-state index contributed by atoms with van der Waals surface area (Å²) in [5.74, 6) is 0.554.